The van der Waals surface area contributed by atoms with Gasteiger partial charge in [0.1, 0.15) is 11.7 Å². The summed E-state index contributed by atoms with van der Waals surface area (Å²) in [6.45, 7) is -0.0449. The number of carboxylic acids is 1. The van der Waals surface area contributed by atoms with Crippen LogP contribution in [0.5, 0.6) is 5.75 Å². The van der Waals surface area contributed by atoms with Gasteiger partial charge >= 0.3 is 12.6 Å². The smallest absolute Gasteiger partial charge is 0.387 e. The molecule has 2 atom stereocenters. The highest BCUT2D eigenvalue weighted by Gasteiger charge is 2.22. The second-order valence-electron chi connectivity index (χ2n) is 4.24. The first-order valence-electron chi connectivity index (χ1n) is 5.89. The Balaban J connectivity index is 2.74. The number of hydrogen-bond acceptors (Lipinski definition) is 3. The molecule has 1 aromatic rings. The van der Waals surface area contributed by atoms with Crippen LogP contribution in [-0.2, 0) is 9.59 Å². The normalized spacial score (nSPS) is 13.7. The number of amides is 1. The fraction of sp³-hybridized carbons (Fsp3) is 0.385. The summed E-state index contributed by atoms with van der Waals surface area (Å²) in [5.74, 6) is -3.09. The molecule has 0 saturated carbocycles. The van der Waals surface area contributed by atoms with E-state index in [0.717, 1.165) is 0 Å². The maximum atomic E-state index is 12.1. The summed E-state index contributed by atoms with van der Waals surface area (Å²) >= 11 is 0. The third-order valence-corrected chi connectivity index (χ3v) is 2.71. The summed E-state index contributed by atoms with van der Waals surface area (Å²) in [5, 5.41) is 11.2. The summed E-state index contributed by atoms with van der Waals surface area (Å²) in [6, 6.07) is 5.34. The van der Waals surface area contributed by atoms with E-state index in [1.807, 2.05) is 0 Å². The minimum Gasteiger partial charge on any atom is -0.481 e. The monoisotopic (exact) mass is 287 g/mol. The molecule has 1 rings (SSSR count). The van der Waals surface area contributed by atoms with Crippen molar-refractivity contribution in [3.8, 4) is 5.75 Å². The van der Waals surface area contributed by atoms with Gasteiger partial charge in [0.25, 0.3) is 0 Å². The van der Waals surface area contributed by atoms with E-state index >= 15 is 0 Å². The van der Waals surface area contributed by atoms with Crippen molar-refractivity contribution in [2.24, 2.45) is 5.92 Å². The van der Waals surface area contributed by atoms with Gasteiger partial charge in [-0.3, -0.25) is 9.59 Å². The fourth-order valence-corrected chi connectivity index (χ4v) is 1.49. The minimum atomic E-state index is -2.93. The van der Waals surface area contributed by atoms with Gasteiger partial charge in [0.2, 0.25) is 5.91 Å². The lowest BCUT2D eigenvalue weighted by Crippen LogP contribution is -2.35. The summed E-state index contributed by atoms with van der Waals surface area (Å²) < 4.78 is 28.5. The molecule has 0 aliphatic carbocycles. The number of ether oxygens (including phenoxy) is 1. The van der Waals surface area contributed by atoms with Gasteiger partial charge in [-0.15, -0.1) is 0 Å². The second-order valence-corrected chi connectivity index (χ2v) is 4.24. The van der Waals surface area contributed by atoms with Crippen LogP contribution in [0, 0.1) is 5.92 Å². The van der Waals surface area contributed by atoms with Crippen molar-refractivity contribution in [3.63, 3.8) is 0 Å². The van der Waals surface area contributed by atoms with Crippen LogP contribution in [0.1, 0.15) is 25.5 Å². The van der Waals surface area contributed by atoms with Gasteiger partial charge in [0, 0.05) is 0 Å². The summed E-state index contributed by atoms with van der Waals surface area (Å²) in [4.78, 5) is 22.3. The first-order valence-corrected chi connectivity index (χ1v) is 5.89. The second kappa shape index (κ2) is 6.83. The predicted molar refractivity (Wildman–Crippen MR) is 66.4 cm³/mol. The van der Waals surface area contributed by atoms with E-state index in [9.17, 15) is 18.4 Å². The summed E-state index contributed by atoms with van der Waals surface area (Å²) in [5.41, 5.74) is 0.536. The number of halogens is 2. The molecule has 1 amide bonds. The Kier molecular flexibility index (Phi) is 5.42. The van der Waals surface area contributed by atoms with E-state index < -0.39 is 30.4 Å². The number of carbonyl (C=O) groups is 2. The number of aliphatic carboxylic acids is 1. The molecule has 1 aromatic carbocycles. The first kappa shape index (κ1) is 15.9. The Morgan fingerprint density at radius 1 is 1.30 bits per heavy atom. The Morgan fingerprint density at radius 3 is 2.50 bits per heavy atom. The number of alkyl halides is 2. The highest BCUT2D eigenvalue weighted by Crippen LogP contribution is 2.20. The maximum absolute atomic E-state index is 12.1. The maximum Gasteiger partial charge on any atom is 0.387 e. The zero-order valence-electron chi connectivity index (χ0n) is 11.0. The van der Waals surface area contributed by atoms with Crippen molar-refractivity contribution < 1.29 is 28.2 Å². The van der Waals surface area contributed by atoms with Crippen molar-refractivity contribution >= 4 is 11.9 Å². The molecule has 7 heteroatoms. The highest BCUT2D eigenvalue weighted by molar-refractivity contribution is 5.96. The average Bonchev–Trinajstić information content (AvgIpc) is 2.37. The van der Waals surface area contributed by atoms with Crippen molar-refractivity contribution in [2.75, 3.05) is 0 Å². The lowest BCUT2D eigenvalue weighted by atomic mass is 10.1. The minimum absolute atomic E-state index is 0.0233. The molecule has 0 aliphatic heterocycles. The topological polar surface area (TPSA) is 75.6 Å². The number of carbonyl (C=O) groups excluding carboxylic acids is 1. The zero-order chi connectivity index (χ0) is 15.3. The van der Waals surface area contributed by atoms with Crippen LogP contribution in [0.4, 0.5) is 8.78 Å². The molecule has 0 saturated heterocycles. The van der Waals surface area contributed by atoms with Crippen molar-refractivity contribution in [1.29, 1.82) is 0 Å². The molecule has 0 bridgehead atoms. The third kappa shape index (κ3) is 4.49. The largest absolute Gasteiger partial charge is 0.481 e. The van der Waals surface area contributed by atoms with Gasteiger partial charge in [-0.1, -0.05) is 12.1 Å². The molecule has 0 aromatic heterocycles. The molecule has 0 aliphatic rings. The van der Waals surface area contributed by atoms with Gasteiger partial charge in [0.05, 0.1) is 6.04 Å². The summed E-state index contributed by atoms with van der Waals surface area (Å²) in [7, 11) is 0. The standard InChI is InChI=1S/C13H15F2NO4/c1-7(12(18)19)11(17)16-8(2)9-4-3-5-10(6-9)20-13(14)15/h3-8,13H,1-2H3,(H,16,17)(H,18,19). The average molecular weight is 287 g/mol. The van der Waals surface area contributed by atoms with Gasteiger partial charge in [-0.25, -0.2) is 0 Å². The van der Waals surface area contributed by atoms with Gasteiger partial charge in [-0.05, 0) is 31.5 Å². The number of benzene rings is 1. The van der Waals surface area contributed by atoms with Crippen LogP contribution in [0.3, 0.4) is 0 Å². The number of hydrogen-bond donors (Lipinski definition) is 2. The van der Waals surface area contributed by atoms with E-state index in [1.165, 1.54) is 25.1 Å². The molecule has 2 unspecified atom stereocenters. The third-order valence-electron chi connectivity index (χ3n) is 2.71. The number of nitrogens with one attached hydrogen (secondary N) is 1. The van der Waals surface area contributed by atoms with Gasteiger partial charge in [-0.2, -0.15) is 8.78 Å². The van der Waals surface area contributed by atoms with E-state index in [2.05, 4.69) is 10.1 Å². The first-order chi connectivity index (χ1) is 9.31. The lowest BCUT2D eigenvalue weighted by molar-refractivity contribution is -0.146. The highest BCUT2D eigenvalue weighted by atomic mass is 19.3. The van der Waals surface area contributed by atoms with E-state index in [1.54, 1.807) is 13.0 Å². The molecule has 2 N–H and O–H groups in total. The Bertz CT molecular complexity index is 493. The fourth-order valence-electron chi connectivity index (χ4n) is 1.49. The Labute approximate surface area is 114 Å². The molecule has 0 spiro atoms. The van der Waals surface area contributed by atoms with E-state index in [4.69, 9.17) is 5.11 Å². The molecular weight excluding hydrogens is 272 g/mol. The Hall–Kier alpha value is -2.18. The predicted octanol–water partition coefficient (Wildman–Crippen LogP) is 2.19. The van der Waals surface area contributed by atoms with Crippen molar-refractivity contribution in [1.82, 2.24) is 5.32 Å². The van der Waals surface area contributed by atoms with E-state index in [0.29, 0.717) is 5.56 Å². The van der Waals surface area contributed by atoms with E-state index in [-0.39, 0.29) is 5.75 Å². The molecule has 110 valence electrons. The molecular formula is C13H15F2NO4. The summed E-state index contributed by atoms with van der Waals surface area (Å²) in [6.07, 6.45) is 0. The quantitative estimate of drug-likeness (QED) is 0.786. The van der Waals surface area contributed by atoms with Crippen LogP contribution >= 0.6 is 0 Å². The lowest BCUT2D eigenvalue weighted by Gasteiger charge is -2.17. The zero-order valence-corrected chi connectivity index (χ0v) is 11.0. The van der Waals surface area contributed by atoms with Gasteiger partial charge < -0.3 is 15.2 Å². The molecule has 20 heavy (non-hydrogen) atoms. The van der Waals surface area contributed by atoms with Crippen molar-refractivity contribution in [2.45, 2.75) is 26.5 Å². The molecule has 5 nitrogen and oxygen atoms in total. The van der Waals surface area contributed by atoms with Crippen LogP contribution in [0.25, 0.3) is 0 Å². The van der Waals surface area contributed by atoms with Crippen LogP contribution in [0.15, 0.2) is 24.3 Å². The number of rotatable bonds is 6. The molecule has 0 radical (unpaired) electrons. The molecule has 0 fully saturated rings. The number of carboxylic acid groups (broad SMARTS) is 1. The van der Waals surface area contributed by atoms with Gasteiger partial charge in [0.15, 0.2) is 0 Å². The molecule has 0 heterocycles. The van der Waals surface area contributed by atoms with Crippen molar-refractivity contribution in [3.05, 3.63) is 29.8 Å². The Morgan fingerprint density at radius 2 is 1.95 bits per heavy atom. The van der Waals surface area contributed by atoms with Crippen LogP contribution in [0.2, 0.25) is 0 Å². The SMILES string of the molecule is CC(C(=O)O)C(=O)NC(C)c1cccc(OC(F)F)c1. The van der Waals surface area contributed by atoms with Crippen LogP contribution < -0.4 is 10.1 Å². The van der Waals surface area contributed by atoms with Crippen LogP contribution in [-0.4, -0.2) is 23.6 Å².